The van der Waals surface area contributed by atoms with Crippen LogP contribution in [-0.2, 0) is 19.4 Å². The average Bonchev–Trinajstić information content (AvgIpc) is 2.90. The van der Waals surface area contributed by atoms with E-state index in [1.807, 2.05) is 12.1 Å². The first-order valence-corrected chi connectivity index (χ1v) is 12.9. The minimum atomic E-state index is -3.25. The number of nitrogens with one attached hydrogen (secondary N) is 1. The molecular formula is C24H30N2O4S. The van der Waals surface area contributed by atoms with Crippen molar-refractivity contribution in [3.8, 4) is 11.3 Å². The monoisotopic (exact) mass is 442 g/mol. The maximum atomic E-state index is 13.2. The number of pyridine rings is 1. The van der Waals surface area contributed by atoms with E-state index in [9.17, 15) is 13.2 Å². The normalized spacial score (nSPS) is 23.4. The summed E-state index contributed by atoms with van der Waals surface area (Å²) in [6.45, 7) is 2.83. The van der Waals surface area contributed by atoms with Gasteiger partial charge in [0.05, 0.1) is 17.2 Å². The molecule has 6 nitrogen and oxygen atoms in total. The number of sulfone groups is 1. The number of carbonyl (C=O) groups excluding carboxylic acids is 1. The quantitative estimate of drug-likeness (QED) is 0.755. The molecule has 2 fully saturated rings. The summed E-state index contributed by atoms with van der Waals surface area (Å²) in [6, 6.07) is 12.0. The van der Waals surface area contributed by atoms with Crippen molar-refractivity contribution in [2.75, 3.05) is 18.2 Å². The molecule has 1 spiro atoms. The van der Waals surface area contributed by atoms with Crippen LogP contribution in [0.2, 0.25) is 0 Å². The lowest BCUT2D eigenvalue weighted by atomic mass is 9.68. The number of nitrogens with zero attached hydrogens (tertiary/aromatic N) is 1. The highest BCUT2D eigenvalue weighted by Crippen LogP contribution is 2.49. The zero-order valence-corrected chi connectivity index (χ0v) is 19.0. The second-order valence-electron chi connectivity index (χ2n) is 8.96. The third-order valence-electron chi connectivity index (χ3n) is 6.87. The van der Waals surface area contributed by atoms with Gasteiger partial charge in [0, 0.05) is 17.2 Å². The molecule has 2 atom stereocenters. The fraction of sp³-hybridized carbons (Fsp3) is 0.500. The first-order chi connectivity index (χ1) is 14.8. The SMILES string of the molecule is CC1COC(C(=O)Nc2cccc(-c3ccc(S(C)(=O)=O)cc3)n2)C12CCCCCC2. The van der Waals surface area contributed by atoms with Gasteiger partial charge >= 0.3 is 0 Å². The molecule has 0 bridgehead atoms. The standard InChI is InChI=1S/C24H30N2O4S/c1-17-16-30-22(24(17)14-5-3-4-6-15-24)23(27)26-21-9-7-8-20(25-21)18-10-12-19(13-11-18)31(2,28)29/h7-13,17,22H,3-6,14-16H2,1-2H3,(H,25,26,27). The van der Waals surface area contributed by atoms with Crippen LogP contribution in [0, 0.1) is 11.3 Å². The minimum absolute atomic E-state index is 0.0837. The number of anilines is 1. The fourth-order valence-corrected chi connectivity index (χ4v) is 5.67. The number of carbonyl (C=O) groups is 1. The Morgan fingerprint density at radius 3 is 2.39 bits per heavy atom. The van der Waals surface area contributed by atoms with E-state index < -0.39 is 15.9 Å². The summed E-state index contributed by atoms with van der Waals surface area (Å²) in [5.41, 5.74) is 1.37. The molecule has 2 unspecified atom stereocenters. The molecule has 1 aromatic carbocycles. The van der Waals surface area contributed by atoms with Crippen LogP contribution in [0.25, 0.3) is 11.3 Å². The minimum Gasteiger partial charge on any atom is -0.367 e. The van der Waals surface area contributed by atoms with Crippen molar-refractivity contribution in [1.82, 2.24) is 4.98 Å². The average molecular weight is 443 g/mol. The Morgan fingerprint density at radius 2 is 1.74 bits per heavy atom. The van der Waals surface area contributed by atoms with Crippen molar-refractivity contribution in [3.63, 3.8) is 0 Å². The molecule has 0 radical (unpaired) electrons. The molecule has 2 aliphatic rings. The van der Waals surface area contributed by atoms with Crippen molar-refractivity contribution in [2.24, 2.45) is 11.3 Å². The topological polar surface area (TPSA) is 85.4 Å². The summed E-state index contributed by atoms with van der Waals surface area (Å²) in [4.78, 5) is 18.1. The zero-order chi connectivity index (χ0) is 22.1. The smallest absolute Gasteiger partial charge is 0.255 e. The van der Waals surface area contributed by atoms with Crippen LogP contribution in [0.15, 0.2) is 47.4 Å². The van der Waals surface area contributed by atoms with Crippen LogP contribution in [0.1, 0.15) is 45.4 Å². The largest absolute Gasteiger partial charge is 0.367 e. The molecule has 1 saturated carbocycles. The number of ether oxygens (including phenoxy) is 1. The second-order valence-corrected chi connectivity index (χ2v) is 11.0. The van der Waals surface area contributed by atoms with Crippen LogP contribution in [0.4, 0.5) is 5.82 Å². The Kier molecular flexibility index (Phi) is 6.17. The summed E-state index contributed by atoms with van der Waals surface area (Å²) in [5, 5.41) is 2.97. The lowest BCUT2D eigenvalue weighted by molar-refractivity contribution is -0.130. The molecule has 1 amide bonds. The lowest BCUT2D eigenvalue weighted by Crippen LogP contribution is -2.43. The lowest BCUT2D eigenvalue weighted by Gasteiger charge is -2.35. The van der Waals surface area contributed by atoms with Gasteiger partial charge in [-0.3, -0.25) is 4.79 Å². The van der Waals surface area contributed by atoms with E-state index in [-0.39, 0.29) is 16.2 Å². The highest BCUT2D eigenvalue weighted by Gasteiger charge is 2.52. The third kappa shape index (κ3) is 4.53. The predicted octanol–water partition coefficient (Wildman–Crippen LogP) is 4.47. The van der Waals surface area contributed by atoms with Gasteiger partial charge < -0.3 is 10.1 Å². The van der Waals surface area contributed by atoms with E-state index in [0.717, 1.165) is 31.2 Å². The van der Waals surface area contributed by atoms with E-state index >= 15 is 0 Å². The Bertz CT molecular complexity index is 1040. The molecule has 1 N–H and O–H groups in total. The summed E-state index contributed by atoms with van der Waals surface area (Å²) >= 11 is 0. The molecule has 2 heterocycles. The number of hydrogen-bond donors (Lipinski definition) is 1. The molecule has 7 heteroatoms. The summed E-state index contributed by atoms with van der Waals surface area (Å²) < 4.78 is 29.4. The van der Waals surface area contributed by atoms with Gasteiger partial charge in [-0.15, -0.1) is 0 Å². The number of benzene rings is 1. The van der Waals surface area contributed by atoms with Crippen LogP contribution in [-0.4, -0.2) is 38.3 Å². The summed E-state index contributed by atoms with van der Waals surface area (Å²) in [6.07, 6.45) is 7.56. The summed E-state index contributed by atoms with van der Waals surface area (Å²) in [7, 11) is -3.25. The van der Waals surface area contributed by atoms with Gasteiger partial charge in [0.2, 0.25) is 0 Å². The van der Waals surface area contributed by atoms with Crippen molar-refractivity contribution in [3.05, 3.63) is 42.5 Å². The van der Waals surface area contributed by atoms with Crippen LogP contribution < -0.4 is 5.32 Å². The van der Waals surface area contributed by atoms with Crippen LogP contribution >= 0.6 is 0 Å². The van der Waals surface area contributed by atoms with Crippen molar-refractivity contribution >= 4 is 21.6 Å². The van der Waals surface area contributed by atoms with Gasteiger partial charge in [0.15, 0.2) is 9.84 Å². The van der Waals surface area contributed by atoms with E-state index in [2.05, 4.69) is 17.2 Å². The molecule has 1 aromatic heterocycles. The number of aromatic nitrogens is 1. The maximum absolute atomic E-state index is 13.2. The van der Waals surface area contributed by atoms with Gasteiger partial charge in [0.25, 0.3) is 5.91 Å². The first kappa shape index (κ1) is 22.0. The molecule has 166 valence electrons. The zero-order valence-electron chi connectivity index (χ0n) is 18.1. The molecular weight excluding hydrogens is 412 g/mol. The predicted molar refractivity (Wildman–Crippen MR) is 120 cm³/mol. The van der Waals surface area contributed by atoms with Gasteiger partial charge in [-0.25, -0.2) is 13.4 Å². The van der Waals surface area contributed by atoms with E-state index in [1.54, 1.807) is 30.3 Å². The Labute approximate surface area is 184 Å². The Balaban J connectivity index is 1.53. The van der Waals surface area contributed by atoms with Crippen molar-refractivity contribution in [1.29, 1.82) is 0 Å². The van der Waals surface area contributed by atoms with Crippen molar-refractivity contribution < 1.29 is 17.9 Å². The highest BCUT2D eigenvalue weighted by molar-refractivity contribution is 7.90. The molecule has 4 rings (SSSR count). The van der Waals surface area contributed by atoms with Crippen molar-refractivity contribution in [2.45, 2.75) is 56.4 Å². The Morgan fingerprint density at radius 1 is 1.06 bits per heavy atom. The van der Waals surface area contributed by atoms with E-state index in [1.165, 1.54) is 19.1 Å². The van der Waals surface area contributed by atoms with Gasteiger partial charge in [0.1, 0.15) is 11.9 Å². The molecule has 1 aliphatic carbocycles. The maximum Gasteiger partial charge on any atom is 0.255 e. The molecule has 1 aliphatic heterocycles. The number of hydrogen-bond acceptors (Lipinski definition) is 5. The second kappa shape index (κ2) is 8.71. The third-order valence-corrected chi connectivity index (χ3v) is 8.00. The van der Waals surface area contributed by atoms with Crippen LogP contribution in [0.5, 0.6) is 0 Å². The van der Waals surface area contributed by atoms with Gasteiger partial charge in [-0.05, 0) is 43.0 Å². The van der Waals surface area contributed by atoms with Gasteiger partial charge in [-0.1, -0.05) is 50.8 Å². The number of rotatable bonds is 4. The summed E-state index contributed by atoms with van der Waals surface area (Å²) in [5.74, 6) is 0.721. The molecule has 2 aromatic rings. The fourth-order valence-electron chi connectivity index (χ4n) is 5.04. The van der Waals surface area contributed by atoms with E-state index in [0.29, 0.717) is 24.0 Å². The highest BCUT2D eigenvalue weighted by atomic mass is 32.2. The van der Waals surface area contributed by atoms with Gasteiger partial charge in [-0.2, -0.15) is 0 Å². The molecule has 31 heavy (non-hydrogen) atoms. The number of amides is 1. The molecule has 1 saturated heterocycles. The Hall–Kier alpha value is -2.25. The van der Waals surface area contributed by atoms with Crippen LogP contribution in [0.3, 0.4) is 0 Å². The van der Waals surface area contributed by atoms with E-state index in [4.69, 9.17) is 4.74 Å². The first-order valence-electron chi connectivity index (χ1n) is 11.0.